The van der Waals surface area contributed by atoms with E-state index in [9.17, 15) is 0 Å². The first-order chi connectivity index (χ1) is 7.29. The van der Waals surface area contributed by atoms with Crippen LogP contribution in [0.1, 0.15) is 25.0 Å². The Hall–Kier alpha value is -0.760. The van der Waals surface area contributed by atoms with Crippen molar-refractivity contribution in [3.63, 3.8) is 0 Å². The first-order valence-corrected chi connectivity index (χ1v) is 6.05. The topological polar surface area (TPSA) is 16.1 Å². The molecule has 0 saturated heterocycles. The van der Waals surface area contributed by atoms with E-state index < -0.39 is 0 Å². The van der Waals surface area contributed by atoms with Crippen LogP contribution in [-0.2, 0) is 5.88 Å². The number of aromatic nitrogens is 1. The lowest BCUT2D eigenvalue weighted by Gasteiger charge is -2.31. The summed E-state index contributed by atoms with van der Waals surface area (Å²) in [4.78, 5) is 6.50. The van der Waals surface area contributed by atoms with Crippen LogP contribution in [0.2, 0.25) is 0 Å². The zero-order chi connectivity index (χ0) is 10.7. The van der Waals surface area contributed by atoms with Gasteiger partial charge in [0.1, 0.15) is 0 Å². The van der Waals surface area contributed by atoms with Crippen molar-refractivity contribution in [3.05, 3.63) is 24.0 Å². The summed E-state index contributed by atoms with van der Waals surface area (Å²) in [5, 5.41) is 0. The lowest BCUT2D eigenvalue weighted by atomic mass is 9.85. The summed E-state index contributed by atoms with van der Waals surface area (Å²) in [6.07, 6.45) is 6.02. The number of nitrogens with zero attached hydrogens (tertiary/aromatic N) is 2. The third-order valence-corrected chi connectivity index (χ3v) is 3.41. The molecule has 1 aromatic heterocycles. The molecule has 1 fully saturated rings. The fraction of sp³-hybridized carbons (Fsp3) is 0.583. The molecule has 0 aliphatic heterocycles. The number of hydrogen-bond acceptors (Lipinski definition) is 2. The molecule has 82 valence electrons. The minimum absolute atomic E-state index is 0.491. The third kappa shape index (κ3) is 2.63. The molecule has 0 N–H and O–H groups in total. The normalized spacial score (nSPS) is 16.1. The van der Waals surface area contributed by atoms with E-state index in [1.165, 1.54) is 24.9 Å². The number of anilines is 1. The van der Waals surface area contributed by atoms with Gasteiger partial charge in [0, 0.05) is 25.5 Å². The molecule has 0 radical (unpaired) electrons. The van der Waals surface area contributed by atoms with Crippen molar-refractivity contribution >= 4 is 17.3 Å². The van der Waals surface area contributed by atoms with Gasteiger partial charge in [-0.1, -0.05) is 6.42 Å². The van der Waals surface area contributed by atoms with Gasteiger partial charge in [-0.15, -0.1) is 11.6 Å². The van der Waals surface area contributed by atoms with Gasteiger partial charge in [0.2, 0.25) is 0 Å². The highest BCUT2D eigenvalue weighted by molar-refractivity contribution is 6.16. The van der Waals surface area contributed by atoms with Gasteiger partial charge >= 0.3 is 0 Å². The van der Waals surface area contributed by atoms with Crippen molar-refractivity contribution in [2.45, 2.75) is 25.1 Å². The Morgan fingerprint density at radius 1 is 1.53 bits per heavy atom. The Morgan fingerprint density at radius 2 is 2.33 bits per heavy atom. The summed E-state index contributed by atoms with van der Waals surface area (Å²) in [6, 6.07) is 4.13. The molecular formula is C12H17ClN2. The van der Waals surface area contributed by atoms with Gasteiger partial charge in [0.25, 0.3) is 0 Å². The van der Waals surface area contributed by atoms with Gasteiger partial charge < -0.3 is 4.90 Å². The van der Waals surface area contributed by atoms with Gasteiger partial charge in [0.05, 0.1) is 11.6 Å². The van der Waals surface area contributed by atoms with Crippen molar-refractivity contribution in [3.8, 4) is 0 Å². The largest absolute Gasteiger partial charge is 0.374 e. The molecule has 1 saturated carbocycles. The maximum absolute atomic E-state index is 5.77. The predicted octanol–water partition coefficient (Wildman–Crippen LogP) is 3.06. The molecule has 15 heavy (non-hydrogen) atoms. The highest BCUT2D eigenvalue weighted by atomic mass is 35.5. The molecule has 0 spiro atoms. The second-order valence-electron chi connectivity index (χ2n) is 4.32. The highest BCUT2D eigenvalue weighted by Gasteiger charge is 2.19. The molecule has 0 amide bonds. The Morgan fingerprint density at radius 3 is 2.93 bits per heavy atom. The average molecular weight is 225 g/mol. The van der Waals surface area contributed by atoms with Crippen LogP contribution in [0.25, 0.3) is 0 Å². The van der Waals surface area contributed by atoms with Crippen LogP contribution in [0, 0.1) is 5.92 Å². The Kier molecular flexibility index (Phi) is 3.47. The molecular weight excluding hydrogens is 208 g/mol. The number of halogens is 1. The number of alkyl halides is 1. The predicted molar refractivity (Wildman–Crippen MR) is 64.4 cm³/mol. The standard InChI is InChI=1S/C12H17ClN2/c1-15(9-10-3-2-4-10)12-5-6-14-11(7-12)8-13/h5-7,10H,2-4,8-9H2,1H3. The fourth-order valence-electron chi connectivity index (χ4n) is 1.94. The first kappa shape index (κ1) is 10.7. The van der Waals surface area contributed by atoms with Crippen LogP contribution in [-0.4, -0.2) is 18.6 Å². The maximum Gasteiger partial charge on any atom is 0.0648 e. The summed E-state index contributed by atoms with van der Waals surface area (Å²) in [5.74, 6) is 1.38. The molecule has 0 unspecified atom stereocenters. The molecule has 0 bridgehead atoms. The van der Waals surface area contributed by atoms with E-state index in [0.29, 0.717) is 5.88 Å². The quantitative estimate of drug-likeness (QED) is 0.731. The van der Waals surface area contributed by atoms with Crippen molar-refractivity contribution in [2.75, 3.05) is 18.5 Å². The summed E-state index contributed by atoms with van der Waals surface area (Å²) in [6.45, 7) is 1.16. The average Bonchev–Trinajstić information content (AvgIpc) is 2.23. The van der Waals surface area contributed by atoms with Gasteiger partial charge in [-0.25, -0.2) is 0 Å². The van der Waals surface area contributed by atoms with E-state index in [4.69, 9.17) is 11.6 Å². The van der Waals surface area contributed by atoms with Gasteiger partial charge in [-0.3, -0.25) is 4.98 Å². The lowest BCUT2D eigenvalue weighted by Crippen LogP contribution is -2.29. The molecule has 2 rings (SSSR count). The lowest BCUT2D eigenvalue weighted by molar-refractivity contribution is 0.321. The van der Waals surface area contributed by atoms with E-state index in [0.717, 1.165) is 18.2 Å². The van der Waals surface area contributed by atoms with Crippen LogP contribution < -0.4 is 4.90 Å². The third-order valence-electron chi connectivity index (χ3n) is 3.13. The Bertz CT molecular complexity index is 323. The number of pyridine rings is 1. The van der Waals surface area contributed by atoms with E-state index in [2.05, 4.69) is 29.1 Å². The second-order valence-corrected chi connectivity index (χ2v) is 4.58. The molecule has 3 heteroatoms. The van der Waals surface area contributed by atoms with E-state index >= 15 is 0 Å². The summed E-state index contributed by atoms with van der Waals surface area (Å²) < 4.78 is 0. The highest BCUT2D eigenvalue weighted by Crippen LogP contribution is 2.28. The van der Waals surface area contributed by atoms with Gasteiger partial charge in [0.15, 0.2) is 0 Å². The van der Waals surface area contributed by atoms with Crippen LogP contribution in [0.3, 0.4) is 0 Å². The molecule has 1 aromatic rings. The fourth-order valence-corrected chi connectivity index (χ4v) is 2.09. The molecule has 1 aliphatic carbocycles. The summed E-state index contributed by atoms with van der Waals surface area (Å²) in [7, 11) is 2.14. The van der Waals surface area contributed by atoms with E-state index in [-0.39, 0.29) is 0 Å². The van der Waals surface area contributed by atoms with Crippen molar-refractivity contribution in [1.82, 2.24) is 4.98 Å². The zero-order valence-electron chi connectivity index (χ0n) is 9.12. The monoisotopic (exact) mass is 224 g/mol. The van der Waals surface area contributed by atoms with Crippen LogP contribution in [0.15, 0.2) is 18.3 Å². The van der Waals surface area contributed by atoms with E-state index in [1.807, 2.05) is 6.20 Å². The van der Waals surface area contributed by atoms with Crippen molar-refractivity contribution in [2.24, 2.45) is 5.92 Å². The Labute approximate surface area is 96.3 Å². The zero-order valence-corrected chi connectivity index (χ0v) is 9.87. The number of hydrogen-bond donors (Lipinski definition) is 0. The van der Waals surface area contributed by atoms with E-state index in [1.54, 1.807) is 0 Å². The minimum Gasteiger partial charge on any atom is -0.374 e. The van der Waals surface area contributed by atoms with Gasteiger partial charge in [-0.2, -0.15) is 0 Å². The molecule has 0 aromatic carbocycles. The summed E-state index contributed by atoms with van der Waals surface area (Å²) in [5.41, 5.74) is 2.18. The smallest absolute Gasteiger partial charge is 0.0648 e. The van der Waals surface area contributed by atoms with Crippen LogP contribution >= 0.6 is 11.6 Å². The van der Waals surface area contributed by atoms with Crippen LogP contribution in [0.5, 0.6) is 0 Å². The van der Waals surface area contributed by atoms with Crippen molar-refractivity contribution in [1.29, 1.82) is 0 Å². The van der Waals surface area contributed by atoms with Gasteiger partial charge in [-0.05, 0) is 30.9 Å². The minimum atomic E-state index is 0.491. The first-order valence-electron chi connectivity index (χ1n) is 5.51. The second kappa shape index (κ2) is 4.84. The number of rotatable bonds is 4. The SMILES string of the molecule is CN(CC1CCC1)c1ccnc(CCl)c1. The van der Waals surface area contributed by atoms with Crippen molar-refractivity contribution < 1.29 is 0 Å². The van der Waals surface area contributed by atoms with Crippen LogP contribution in [0.4, 0.5) is 5.69 Å². The summed E-state index contributed by atoms with van der Waals surface area (Å²) >= 11 is 5.77. The molecule has 0 atom stereocenters. The molecule has 2 nitrogen and oxygen atoms in total. The molecule has 1 heterocycles. The molecule has 1 aliphatic rings. The Balaban J connectivity index is 1.99. The maximum atomic E-state index is 5.77.